The summed E-state index contributed by atoms with van der Waals surface area (Å²) in [5.74, 6) is 0.358. The lowest BCUT2D eigenvalue weighted by atomic mass is 9.97. The molecule has 1 saturated heterocycles. The van der Waals surface area contributed by atoms with Gasteiger partial charge in [0, 0.05) is 6.20 Å². The van der Waals surface area contributed by atoms with Crippen LogP contribution in [0.2, 0.25) is 0 Å². The van der Waals surface area contributed by atoms with Gasteiger partial charge in [-0.1, -0.05) is 0 Å². The topological polar surface area (TPSA) is 80.8 Å². The van der Waals surface area contributed by atoms with Crippen LogP contribution >= 0.6 is 0 Å². The molecule has 2 aromatic rings. The quantitative estimate of drug-likeness (QED) is 0.633. The molecule has 1 fully saturated rings. The van der Waals surface area contributed by atoms with E-state index in [1.165, 1.54) is 20.2 Å². The third-order valence-corrected chi connectivity index (χ3v) is 4.90. The Hall–Kier alpha value is -3.51. The molecule has 0 aliphatic carbocycles. The number of hydrogen-bond acceptors (Lipinski definition) is 5. The average Bonchev–Trinajstić information content (AvgIpc) is 3.04. The van der Waals surface area contributed by atoms with Gasteiger partial charge in [0.15, 0.2) is 0 Å². The van der Waals surface area contributed by atoms with Crippen LogP contribution in [-0.2, 0) is 23.6 Å². The number of ether oxygens (including phenoxy) is 2. The highest BCUT2D eigenvalue weighted by atomic mass is 19.4. The Morgan fingerprint density at radius 1 is 1.15 bits per heavy atom. The molecule has 33 heavy (non-hydrogen) atoms. The molecule has 0 unspecified atom stereocenters. The maximum atomic E-state index is 13.2. The highest BCUT2D eigenvalue weighted by Crippen LogP contribution is 2.40. The Morgan fingerprint density at radius 3 is 2.30 bits per heavy atom. The summed E-state index contributed by atoms with van der Waals surface area (Å²) in [4.78, 5) is 29.4. The third-order valence-electron chi connectivity index (χ3n) is 4.90. The number of hydrogen-bond donors (Lipinski definition) is 1. The van der Waals surface area contributed by atoms with E-state index in [9.17, 15) is 35.9 Å². The number of halogens is 6. The Kier molecular flexibility index (Phi) is 6.43. The standard InChI is InChI=1S/C20H17F6N3O4/c1-10-16(11-6-12(19(21,22)23)8-13(7-11)20(24,25)26)33-18(31)29(10)17(30)28-9-14-15(32-2)4-3-5-27-14/h3-8,10,16H,9H2,1-2H3,(H,28,30)/t10-,16-/m0/s1. The first-order chi connectivity index (χ1) is 15.3. The lowest BCUT2D eigenvalue weighted by Crippen LogP contribution is -2.44. The maximum Gasteiger partial charge on any atom is 0.419 e. The Labute approximate surface area is 183 Å². The molecule has 178 valence electrons. The van der Waals surface area contributed by atoms with Crippen molar-refractivity contribution in [1.29, 1.82) is 0 Å². The van der Waals surface area contributed by atoms with Crippen molar-refractivity contribution >= 4 is 12.1 Å². The molecule has 1 aromatic carbocycles. The fourth-order valence-corrected chi connectivity index (χ4v) is 3.31. The number of nitrogens with one attached hydrogen (secondary N) is 1. The molecule has 3 rings (SSSR count). The number of methoxy groups -OCH3 is 1. The number of nitrogens with zero attached hydrogens (tertiary/aromatic N) is 2. The van der Waals surface area contributed by atoms with Gasteiger partial charge in [-0.2, -0.15) is 26.3 Å². The van der Waals surface area contributed by atoms with Crippen LogP contribution in [0.3, 0.4) is 0 Å². The summed E-state index contributed by atoms with van der Waals surface area (Å²) in [5.41, 5.74) is -3.32. The molecule has 13 heteroatoms. The largest absolute Gasteiger partial charge is 0.495 e. The number of urea groups is 1. The number of benzene rings is 1. The van der Waals surface area contributed by atoms with E-state index in [2.05, 4.69) is 10.3 Å². The molecule has 1 aromatic heterocycles. The van der Waals surface area contributed by atoms with Gasteiger partial charge in [0.2, 0.25) is 0 Å². The monoisotopic (exact) mass is 477 g/mol. The average molecular weight is 477 g/mol. The fraction of sp³-hybridized carbons (Fsp3) is 0.350. The number of pyridine rings is 1. The number of carbonyl (C=O) groups excluding carboxylic acids is 2. The summed E-state index contributed by atoms with van der Waals surface area (Å²) in [6.45, 7) is 1.11. The normalized spacial score (nSPS) is 18.8. The van der Waals surface area contributed by atoms with Gasteiger partial charge in [-0.25, -0.2) is 14.5 Å². The molecule has 0 spiro atoms. The molecular weight excluding hydrogens is 460 g/mol. The Balaban J connectivity index is 1.85. The van der Waals surface area contributed by atoms with E-state index in [0.29, 0.717) is 28.5 Å². The Bertz CT molecular complexity index is 1020. The maximum absolute atomic E-state index is 13.2. The second kappa shape index (κ2) is 8.79. The van der Waals surface area contributed by atoms with E-state index in [0.717, 1.165) is 0 Å². The molecule has 2 atom stereocenters. The summed E-state index contributed by atoms with van der Waals surface area (Å²) in [7, 11) is 1.39. The summed E-state index contributed by atoms with van der Waals surface area (Å²) in [6, 6.07) is 1.91. The predicted molar refractivity (Wildman–Crippen MR) is 100.0 cm³/mol. The third kappa shape index (κ3) is 5.12. The molecule has 1 aliphatic heterocycles. The van der Waals surface area contributed by atoms with Crippen molar-refractivity contribution in [3.05, 3.63) is 58.9 Å². The van der Waals surface area contributed by atoms with Gasteiger partial charge in [-0.05, 0) is 42.8 Å². The van der Waals surface area contributed by atoms with Crippen LogP contribution in [0, 0.1) is 0 Å². The summed E-state index contributed by atoms with van der Waals surface area (Å²) in [5, 5.41) is 2.40. The minimum Gasteiger partial charge on any atom is -0.495 e. The van der Waals surface area contributed by atoms with Gasteiger partial charge < -0.3 is 14.8 Å². The fourth-order valence-electron chi connectivity index (χ4n) is 3.31. The van der Waals surface area contributed by atoms with Crippen LogP contribution in [-0.4, -0.2) is 35.2 Å². The lowest BCUT2D eigenvalue weighted by molar-refractivity contribution is -0.143. The smallest absolute Gasteiger partial charge is 0.419 e. The Morgan fingerprint density at radius 2 is 1.76 bits per heavy atom. The summed E-state index contributed by atoms with van der Waals surface area (Å²) >= 11 is 0. The van der Waals surface area contributed by atoms with Crippen LogP contribution in [0.1, 0.15) is 35.4 Å². The number of aromatic nitrogens is 1. The number of amides is 3. The van der Waals surface area contributed by atoms with Crippen LogP contribution in [0.15, 0.2) is 36.5 Å². The van der Waals surface area contributed by atoms with E-state index >= 15 is 0 Å². The zero-order valence-electron chi connectivity index (χ0n) is 17.1. The molecule has 0 radical (unpaired) electrons. The second-order valence-corrected chi connectivity index (χ2v) is 7.07. The van der Waals surface area contributed by atoms with Gasteiger partial charge in [-0.15, -0.1) is 0 Å². The second-order valence-electron chi connectivity index (χ2n) is 7.07. The first-order valence-corrected chi connectivity index (χ1v) is 9.38. The molecule has 7 nitrogen and oxygen atoms in total. The van der Waals surface area contributed by atoms with E-state index in [4.69, 9.17) is 9.47 Å². The molecule has 2 heterocycles. The predicted octanol–water partition coefficient (Wildman–Crippen LogP) is 4.92. The first kappa shape index (κ1) is 24.1. The lowest BCUT2D eigenvalue weighted by Gasteiger charge is -2.21. The van der Waals surface area contributed by atoms with Crippen molar-refractivity contribution in [2.45, 2.75) is 38.0 Å². The van der Waals surface area contributed by atoms with Gasteiger partial charge in [-0.3, -0.25) is 4.98 Å². The number of imide groups is 1. The zero-order valence-corrected chi connectivity index (χ0v) is 17.1. The van der Waals surface area contributed by atoms with Crippen LogP contribution in [0.5, 0.6) is 5.75 Å². The van der Waals surface area contributed by atoms with Crippen molar-refractivity contribution in [2.24, 2.45) is 0 Å². The zero-order chi connectivity index (χ0) is 24.6. The van der Waals surface area contributed by atoms with Crippen LogP contribution < -0.4 is 10.1 Å². The first-order valence-electron chi connectivity index (χ1n) is 9.38. The van der Waals surface area contributed by atoms with E-state index in [-0.39, 0.29) is 12.6 Å². The molecule has 3 amide bonds. The molecule has 0 bridgehead atoms. The number of cyclic esters (lactones) is 1. The van der Waals surface area contributed by atoms with Crippen molar-refractivity contribution < 1.29 is 45.4 Å². The summed E-state index contributed by atoms with van der Waals surface area (Å²) < 4.78 is 89.0. The van der Waals surface area contributed by atoms with Gasteiger partial charge in [0.1, 0.15) is 17.5 Å². The summed E-state index contributed by atoms with van der Waals surface area (Å²) in [6.07, 6.45) is -11.5. The SMILES string of the molecule is COc1cccnc1CNC(=O)N1C(=O)O[C@H](c2cc(C(F)(F)F)cc(C(F)(F)F)c2)[C@@H]1C. The molecule has 0 saturated carbocycles. The molecule has 1 N–H and O–H groups in total. The van der Waals surface area contributed by atoms with Gasteiger partial charge in [0.25, 0.3) is 0 Å². The highest BCUT2D eigenvalue weighted by Gasteiger charge is 2.45. The van der Waals surface area contributed by atoms with Gasteiger partial charge >= 0.3 is 24.5 Å². The molecule has 1 aliphatic rings. The van der Waals surface area contributed by atoms with Crippen LogP contribution in [0.25, 0.3) is 0 Å². The number of rotatable bonds is 4. The van der Waals surface area contributed by atoms with Crippen molar-refractivity contribution in [2.75, 3.05) is 7.11 Å². The van der Waals surface area contributed by atoms with E-state index in [1.807, 2.05) is 0 Å². The highest BCUT2D eigenvalue weighted by molar-refractivity contribution is 5.92. The molecular formula is C20H17F6N3O4. The number of alkyl halides is 6. The number of carbonyl (C=O) groups is 2. The van der Waals surface area contributed by atoms with Crippen molar-refractivity contribution in [3.8, 4) is 5.75 Å². The van der Waals surface area contributed by atoms with E-state index in [1.54, 1.807) is 12.1 Å². The van der Waals surface area contributed by atoms with Crippen molar-refractivity contribution in [3.63, 3.8) is 0 Å². The minimum atomic E-state index is -5.07. The van der Waals surface area contributed by atoms with Crippen LogP contribution in [0.4, 0.5) is 35.9 Å². The minimum absolute atomic E-state index is 0.0321. The van der Waals surface area contributed by atoms with E-state index < -0.39 is 53.3 Å². The van der Waals surface area contributed by atoms with Gasteiger partial charge in [0.05, 0.1) is 30.8 Å². The van der Waals surface area contributed by atoms with Crippen molar-refractivity contribution in [1.82, 2.24) is 15.2 Å².